The maximum Gasteiger partial charge on any atom is 0.337 e. The SMILES string of the molecule is C[C@@]1(O)C(n2cc3[nH]c(=O)c(=O)nc4c3c2N=CN4)O[C@H](CO)[C@H]1O.C[C@@]1(O)C(n2cc3c4c(ncnc42)NC(=O)CN3)O[C@H](CO)[C@H]1O.C[C@@]1(O)C(n2cc3c4c(ncnc42)NCC=N3)O[C@H](CO)[C@H]1O.C[C@@]1(O)C(n2cc3ncc(=O)nc4c3c2N=CN4)O[C@H](CO)[C@H]1O.Cc1nc2c3c(cn(C4O[C@H](CO)[C@@H](O)[C@]4(C)O)c3n1)NC(=O)CN2. The van der Waals surface area contributed by atoms with E-state index in [9.17, 15) is 101 Å². The van der Waals surface area contributed by atoms with Crippen LogP contribution in [0.3, 0.4) is 0 Å². The fourth-order valence-electron chi connectivity index (χ4n) is 16.1. The highest BCUT2D eigenvalue weighted by Gasteiger charge is 2.58. The van der Waals surface area contributed by atoms with Crippen LogP contribution in [0.2, 0.25) is 0 Å². The normalized spacial score (nSPS) is 31.8. The Labute approximate surface area is 676 Å². The number of amides is 2. The summed E-state index contributed by atoms with van der Waals surface area (Å²) in [5, 5.41) is 174. The number of hydrogen-bond donors (Lipinski definition) is 23. The molecule has 10 aromatic rings. The van der Waals surface area contributed by atoms with Crippen molar-refractivity contribution in [3.05, 3.63) is 86.7 Å². The molecule has 5 saturated heterocycles. The van der Waals surface area contributed by atoms with Crippen LogP contribution in [0, 0.1) is 6.92 Å². The van der Waals surface area contributed by atoms with E-state index >= 15 is 0 Å². The fourth-order valence-corrected chi connectivity index (χ4v) is 16.1. The second-order valence-electron chi connectivity index (χ2n) is 30.7. The third-order valence-corrected chi connectivity index (χ3v) is 22.3. The Morgan fingerprint density at radius 2 is 0.893 bits per heavy atom. The van der Waals surface area contributed by atoms with Crippen molar-refractivity contribution >= 4 is 143 Å². The van der Waals surface area contributed by atoms with Gasteiger partial charge in [0.1, 0.15) is 165 Å². The van der Waals surface area contributed by atoms with Crippen LogP contribution in [0.25, 0.3) is 54.9 Å². The van der Waals surface area contributed by atoms with E-state index in [1.54, 1.807) is 51.6 Å². The Hall–Kier alpha value is -11.6. The first-order chi connectivity index (χ1) is 57.6. The molecule has 20 rings (SSSR count). The summed E-state index contributed by atoms with van der Waals surface area (Å²) in [5.74, 6) is 2.63. The van der Waals surface area contributed by atoms with Crippen molar-refractivity contribution in [2.45, 2.75) is 162 Å². The van der Waals surface area contributed by atoms with E-state index in [1.807, 2.05) is 0 Å². The molecule has 0 aromatic carbocycles. The molecule has 121 heavy (non-hydrogen) atoms. The Kier molecular flexibility index (Phi) is 21.4. The topological polar surface area (TPSA) is 713 Å². The van der Waals surface area contributed by atoms with Gasteiger partial charge < -0.3 is 165 Å². The molecule has 5 fully saturated rings. The van der Waals surface area contributed by atoms with Gasteiger partial charge in [0.2, 0.25) is 11.8 Å². The quantitative estimate of drug-likeness (QED) is 0.0568. The lowest BCUT2D eigenvalue weighted by Crippen LogP contribution is -2.44. The van der Waals surface area contributed by atoms with E-state index in [2.05, 4.69) is 102 Å². The first kappa shape index (κ1) is 83.1. The molecule has 2 amide bonds. The fraction of sp³-hybridized carbons (Fsp3) is 0.479. The summed E-state index contributed by atoms with van der Waals surface area (Å²) in [6.45, 7) is 7.40. The van der Waals surface area contributed by atoms with Gasteiger partial charge in [-0.15, -0.1) is 0 Å². The third kappa shape index (κ3) is 14.0. The third-order valence-electron chi connectivity index (χ3n) is 22.3. The number of anilines is 7. The number of ether oxygens (including phenoxy) is 5. The molecule has 0 spiro atoms. The van der Waals surface area contributed by atoms with Crippen LogP contribution in [0.5, 0.6) is 0 Å². The Morgan fingerprint density at radius 1 is 0.438 bits per heavy atom. The van der Waals surface area contributed by atoms with Crippen molar-refractivity contribution in [3.63, 3.8) is 0 Å². The van der Waals surface area contributed by atoms with E-state index in [0.717, 1.165) is 11.6 Å². The zero-order chi connectivity index (χ0) is 86.2. The van der Waals surface area contributed by atoms with Crippen LogP contribution in [-0.2, 0) is 33.3 Å². The standard InChI is InChI=1S/C15H19N5O5.C14H15N5O6.C14H17N5O5.C14H15N5O5.C14H17N5O4/c1-6-17-12-10-7(19-9(22)3-16-12)4-20(13(10)18-6)14-15(2,24)11(23)8(5-21)25-14;1-14(24)8(21)6(3-20)25-13(14)19-2-5-7-9(15-4-16-10(7)19)18-12(23)11(22)17-5;2*1-14(23)10(22)7(4-20)24-13(14)19-3-6-9-11(16-5-17-12(9)19)18-8(21)2-15-6;1-14(22)10(21)8(5-20)23-13(14)19-4-7-9-11(16-3-2-15-7)17-6-18-12(9)19/h4,8,11,14,21,23-24H,3,5H2,1-2H3,(H,19,22)(H,16,17,18);2,4,6,8,13,20-21,24H,3H2,1H3,(H,17,22)(H,15,16,18,23);3,5,7,10,13,15,20,22-23H,2,4H2,1H3,(H,16,17,18,21);2-3,5,7,10,13,20,22-23H,4H2,1H3,(H,16,17,18,21);2,4,6,8,10,13,20-22H,3,5H2,1H3,(H,16,17,18)/t8-,11-,14?,15+;6-,8-,13?,14+;2*7-,10-,13?,14+;8-,10-,13?,14+/m11111/s1. The number of aliphatic hydroxyl groups is 15. The Bertz CT molecular complexity index is 6060. The van der Waals surface area contributed by atoms with Gasteiger partial charge in [0, 0.05) is 37.2 Å². The van der Waals surface area contributed by atoms with Crippen molar-refractivity contribution in [1.29, 1.82) is 0 Å². The summed E-state index contributed by atoms with van der Waals surface area (Å²) in [7, 11) is 0. The zero-order valence-electron chi connectivity index (χ0n) is 64.6. The van der Waals surface area contributed by atoms with Gasteiger partial charge in [-0.1, -0.05) is 0 Å². The molecule has 642 valence electrons. The van der Waals surface area contributed by atoms with Crippen molar-refractivity contribution in [2.75, 3.05) is 89.9 Å². The lowest BCUT2D eigenvalue weighted by molar-refractivity contribution is -0.115. The monoisotopic (exact) mass is 1690 g/mol. The molecule has 10 aliphatic heterocycles. The molecule has 23 N–H and O–H groups in total. The number of nitrogens with one attached hydrogen (secondary N) is 8. The molecule has 10 aliphatic rings. The smallest absolute Gasteiger partial charge is 0.337 e. The maximum absolute atomic E-state index is 11.9. The molecule has 20 heterocycles. The number of aliphatic imine (C=N–C) groups is 3. The number of aromatic amines is 1. The van der Waals surface area contributed by atoms with Crippen molar-refractivity contribution < 1.29 is 110 Å². The van der Waals surface area contributed by atoms with Gasteiger partial charge in [0.25, 0.3) is 5.56 Å². The number of carbonyl (C=O) groups is 2. The summed E-state index contributed by atoms with van der Waals surface area (Å²) in [4.78, 5) is 111. The van der Waals surface area contributed by atoms with Gasteiger partial charge in [0.15, 0.2) is 31.1 Å². The number of nitrogens with zero attached hydrogens (tertiary/aromatic N) is 17. The predicted octanol–water partition coefficient (Wildman–Crippen LogP) is -5.49. The van der Waals surface area contributed by atoms with Gasteiger partial charge in [-0.2, -0.15) is 9.97 Å². The van der Waals surface area contributed by atoms with E-state index in [4.69, 9.17) is 23.7 Å². The Morgan fingerprint density at radius 3 is 1.43 bits per heavy atom. The van der Waals surface area contributed by atoms with Crippen LogP contribution in [-0.4, -0.2) is 322 Å². The molecule has 0 bridgehead atoms. The summed E-state index contributed by atoms with van der Waals surface area (Å²) in [6.07, 6.45) is 0.253. The van der Waals surface area contributed by atoms with Gasteiger partial charge in [-0.3, -0.25) is 29.0 Å². The van der Waals surface area contributed by atoms with Gasteiger partial charge in [-0.05, 0) is 41.5 Å². The molecular weight excluding hydrogens is 1600 g/mol. The highest BCUT2D eigenvalue weighted by molar-refractivity contribution is 6.11. The van der Waals surface area contributed by atoms with Crippen molar-refractivity contribution in [2.24, 2.45) is 15.0 Å². The van der Waals surface area contributed by atoms with Crippen LogP contribution < -0.4 is 53.9 Å². The molecule has 20 atom stereocenters. The number of aryl methyl sites for hydroxylation is 1. The van der Waals surface area contributed by atoms with E-state index in [0.29, 0.717) is 103 Å². The molecule has 10 aromatic heterocycles. The number of aliphatic hydroxyl groups excluding tert-OH is 10. The number of carbonyl (C=O) groups excluding carboxylic acids is 2. The lowest BCUT2D eigenvalue weighted by atomic mass is 9.96. The largest absolute Gasteiger partial charge is 0.394 e. The molecular formula is C71H83N25O25. The number of hydrogen-bond acceptors (Lipinski definition) is 42. The average molecular weight is 1690 g/mol. The zero-order valence-corrected chi connectivity index (χ0v) is 64.6. The van der Waals surface area contributed by atoms with Crippen LogP contribution >= 0.6 is 0 Å². The molecule has 0 aliphatic carbocycles. The minimum atomic E-state index is -1.72. The number of rotatable bonds is 10. The molecule has 5 unspecified atom stereocenters. The van der Waals surface area contributed by atoms with Gasteiger partial charge in [0.05, 0.1) is 127 Å². The van der Waals surface area contributed by atoms with Gasteiger partial charge in [-0.25, -0.2) is 44.9 Å². The molecule has 0 saturated carbocycles. The van der Waals surface area contributed by atoms with Gasteiger partial charge >= 0.3 is 11.1 Å². The first-order valence-corrected chi connectivity index (χ1v) is 37.5. The molecule has 50 nitrogen and oxygen atoms in total. The molecule has 50 heteroatoms. The lowest BCUT2D eigenvalue weighted by Gasteiger charge is -2.28. The van der Waals surface area contributed by atoms with Crippen LogP contribution in [0.15, 0.2) is 79.2 Å². The Balaban J connectivity index is 0.000000112. The summed E-state index contributed by atoms with van der Waals surface area (Å²) >= 11 is 0. The second-order valence-corrected chi connectivity index (χ2v) is 30.7. The maximum atomic E-state index is 11.9. The minimum Gasteiger partial charge on any atom is -0.394 e. The summed E-state index contributed by atoms with van der Waals surface area (Å²) in [5.41, 5.74) is -6.74. The van der Waals surface area contributed by atoms with E-state index in [1.165, 1.54) is 75.3 Å². The highest BCUT2D eigenvalue weighted by Crippen LogP contribution is 2.50. The first-order valence-electron chi connectivity index (χ1n) is 37.5. The number of aromatic nitrogens is 15. The second kappa shape index (κ2) is 31.1. The van der Waals surface area contributed by atoms with Crippen molar-refractivity contribution in [1.82, 2.24) is 72.7 Å². The van der Waals surface area contributed by atoms with Crippen LogP contribution in [0.4, 0.5) is 57.8 Å². The average Bonchev–Trinajstić information content (AvgIpc) is 1.61. The van der Waals surface area contributed by atoms with E-state index in [-0.39, 0.29) is 48.7 Å². The molecule has 0 radical (unpaired) electrons. The number of H-pyrrole nitrogens is 1. The summed E-state index contributed by atoms with van der Waals surface area (Å²) in [6, 6.07) is 0. The van der Waals surface area contributed by atoms with E-state index < -0.39 is 163 Å². The van der Waals surface area contributed by atoms with Crippen molar-refractivity contribution in [3.8, 4) is 0 Å². The summed E-state index contributed by atoms with van der Waals surface area (Å²) < 4.78 is 35.9. The predicted molar refractivity (Wildman–Crippen MR) is 420 cm³/mol. The minimum absolute atomic E-state index is 0.0687. The highest BCUT2D eigenvalue weighted by atomic mass is 16.6. The van der Waals surface area contributed by atoms with Crippen LogP contribution in [0.1, 0.15) is 71.6 Å².